The molecule has 3 heteroatoms. The third-order valence-electron chi connectivity index (χ3n) is 6.55. The molecule has 0 N–H and O–H groups in total. The highest BCUT2D eigenvalue weighted by Crippen LogP contribution is 2.59. The number of hydrogen-bond acceptors (Lipinski definition) is 3. The maximum Gasteiger partial charge on any atom is 0.145 e. The molecule has 0 amide bonds. The van der Waals surface area contributed by atoms with Gasteiger partial charge in [0.15, 0.2) is 0 Å². The van der Waals surface area contributed by atoms with Gasteiger partial charge < -0.3 is 4.79 Å². The number of hydrogen-bond donors (Lipinski definition) is 0. The van der Waals surface area contributed by atoms with Crippen molar-refractivity contribution in [2.75, 3.05) is 0 Å². The Balaban J connectivity index is 2.32. The number of allylic oxidation sites excluding steroid dienone is 2. The third kappa shape index (κ3) is 3.20. The van der Waals surface area contributed by atoms with E-state index in [1.54, 1.807) is 0 Å². The number of carbonyl (C=O) groups is 3. The molecule has 0 radical (unpaired) electrons. The van der Waals surface area contributed by atoms with Crippen LogP contribution in [0.5, 0.6) is 0 Å². The summed E-state index contributed by atoms with van der Waals surface area (Å²) in [5.41, 5.74) is 0.351. The molecule has 2 rings (SSSR count). The van der Waals surface area contributed by atoms with Crippen LogP contribution in [0, 0.1) is 28.6 Å². The number of rotatable bonds is 5. The van der Waals surface area contributed by atoms with Crippen LogP contribution in [0.4, 0.5) is 0 Å². The summed E-state index contributed by atoms with van der Waals surface area (Å²) in [4.78, 5) is 35.6. The fraction of sp³-hybridized carbons (Fsp3) is 0.750. The van der Waals surface area contributed by atoms with Gasteiger partial charge in [-0.2, -0.15) is 0 Å². The zero-order valence-corrected chi connectivity index (χ0v) is 14.9. The largest absolute Gasteiger partial charge is 0.303 e. The summed E-state index contributed by atoms with van der Waals surface area (Å²) in [5, 5.41) is 0. The zero-order valence-electron chi connectivity index (χ0n) is 14.9. The van der Waals surface area contributed by atoms with Crippen molar-refractivity contribution in [1.29, 1.82) is 0 Å². The van der Waals surface area contributed by atoms with Crippen molar-refractivity contribution < 1.29 is 14.4 Å². The smallest absolute Gasteiger partial charge is 0.145 e. The molecule has 0 aromatic carbocycles. The van der Waals surface area contributed by atoms with Crippen molar-refractivity contribution in [1.82, 2.24) is 0 Å². The van der Waals surface area contributed by atoms with Crippen molar-refractivity contribution in [3.05, 3.63) is 11.6 Å². The summed E-state index contributed by atoms with van der Waals surface area (Å²) in [6.45, 7) is 8.26. The molecule has 0 aromatic heterocycles. The molecule has 0 saturated heterocycles. The lowest BCUT2D eigenvalue weighted by Gasteiger charge is -2.55. The second kappa shape index (κ2) is 6.70. The van der Waals surface area contributed by atoms with Gasteiger partial charge in [-0.3, -0.25) is 9.59 Å². The van der Waals surface area contributed by atoms with Crippen molar-refractivity contribution in [3.8, 4) is 0 Å². The van der Waals surface area contributed by atoms with E-state index in [1.165, 1.54) is 0 Å². The van der Waals surface area contributed by atoms with Gasteiger partial charge in [0.1, 0.15) is 18.4 Å². The highest BCUT2D eigenvalue weighted by atomic mass is 16.1. The number of fused-ring (bicyclic) bond motifs is 1. The van der Waals surface area contributed by atoms with E-state index in [0.29, 0.717) is 18.6 Å². The maximum atomic E-state index is 12.6. The Hall–Kier alpha value is -1.25. The van der Waals surface area contributed by atoms with E-state index < -0.39 is 0 Å². The number of carbonyl (C=O) groups excluding carboxylic acids is 3. The predicted octanol–water partition coefficient (Wildman–Crippen LogP) is 4.15. The minimum Gasteiger partial charge on any atom is -0.303 e. The molecule has 0 bridgehead atoms. The SMILES string of the molecule is CC(C)/C(C=O)=C/C[C@H]1C(=O)CC[C@@H]2[C@]1(C)CCC[C@]2(C)C=O. The Kier molecular flexibility index (Phi) is 5.27. The van der Waals surface area contributed by atoms with Crippen LogP contribution in [0.2, 0.25) is 0 Å². The molecule has 0 heterocycles. The Morgan fingerprint density at radius 1 is 1.26 bits per heavy atom. The van der Waals surface area contributed by atoms with Crippen LogP contribution < -0.4 is 0 Å². The topological polar surface area (TPSA) is 51.2 Å². The van der Waals surface area contributed by atoms with Crippen molar-refractivity contribution >= 4 is 18.4 Å². The van der Waals surface area contributed by atoms with E-state index in [2.05, 4.69) is 13.8 Å². The summed E-state index contributed by atoms with van der Waals surface area (Å²) >= 11 is 0. The van der Waals surface area contributed by atoms with Gasteiger partial charge in [0.05, 0.1) is 0 Å². The Labute approximate surface area is 139 Å². The molecular formula is C20H30O3. The molecular weight excluding hydrogens is 288 g/mol. The number of aldehydes is 2. The van der Waals surface area contributed by atoms with E-state index in [1.807, 2.05) is 19.9 Å². The van der Waals surface area contributed by atoms with Gasteiger partial charge in [-0.15, -0.1) is 0 Å². The molecule has 2 aliphatic rings. The fourth-order valence-corrected chi connectivity index (χ4v) is 5.07. The normalized spacial score (nSPS) is 38.3. The van der Waals surface area contributed by atoms with Gasteiger partial charge in [0.2, 0.25) is 0 Å². The molecule has 23 heavy (non-hydrogen) atoms. The summed E-state index contributed by atoms with van der Waals surface area (Å²) in [6.07, 6.45) is 8.96. The lowest BCUT2D eigenvalue weighted by atomic mass is 9.47. The summed E-state index contributed by atoms with van der Waals surface area (Å²) in [6, 6.07) is 0. The van der Waals surface area contributed by atoms with E-state index in [0.717, 1.165) is 43.8 Å². The third-order valence-corrected chi connectivity index (χ3v) is 6.55. The first kappa shape index (κ1) is 18.1. The fourth-order valence-electron chi connectivity index (χ4n) is 5.07. The van der Waals surface area contributed by atoms with Crippen LogP contribution in [-0.2, 0) is 14.4 Å². The van der Waals surface area contributed by atoms with Crippen molar-refractivity contribution in [3.63, 3.8) is 0 Å². The van der Waals surface area contributed by atoms with Crippen molar-refractivity contribution in [2.24, 2.45) is 28.6 Å². The van der Waals surface area contributed by atoms with Crippen LogP contribution >= 0.6 is 0 Å². The maximum absolute atomic E-state index is 12.6. The molecule has 128 valence electrons. The molecule has 3 nitrogen and oxygen atoms in total. The lowest BCUT2D eigenvalue weighted by Crippen LogP contribution is -2.53. The van der Waals surface area contributed by atoms with Crippen LogP contribution in [0.1, 0.15) is 66.2 Å². The predicted molar refractivity (Wildman–Crippen MR) is 91.0 cm³/mol. The molecule has 0 aliphatic heterocycles. The van der Waals surface area contributed by atoms with Gasteiger partial charge in [0.25, 0.3) is 0 Å². The average Bonchev–Trinajstić information content (AvgIpc) is 2.49. The second-order valence-electron chi connectivity index (χ2n) is 8.31. The highest BCUT2D eigenvalue weighted by molar-refractivity contribution is 5.83. The van der Waals surface area contributed by atoms with E-state index in [4.69, 9.17) is 0 Å². The molecule has 2 saturated carbocycles. The molecule has 4 atom stereocenters. The minimum atomic E-state index is -0.304. The lowest BCUT2D eigenvalue weighted by molar-refractivity contribution is -0.148. The second-order valence-corrected chi connectivity index (χ2v) is 8.31. The molecule has 0 unspecified atom stereocenters. The molecule has 0 spiro atoms. The van der Waals surface area contributed by atoms with Crippen molar-refractivity contribution in [2.45, 2.75) is 66.2 Å². The Morgan fingerprint density at radius 3 is 2.52 bits per heavy atom. The molecule has 2 aliphatic carbocycles. The zero-order chi connectivity index (χ0) is 17.3. The number of ketones is 1. The molecule has 0 aromatic rings. The standard InChI is InChI=1S/C20H30O3/c1-14(2)15(12-21)6-7-16-17(23)8-9-18-19(3,13-22)10-5-11-20(16,18)4/h6,12-14,16,18H,5,7-11H2,1-4H3/b15-6+/t16-,18-,19+,20+/m0/s1. The van der Waals surface area contributed by atoms with Crippen LogP contribution in [-0.4, -0.2) is 18.4 Å². The first-order chi connectivity index (χ1) is 10.8. The number of Topliss-reactive ketones (excluding diaryl/α,β-unsaturated/α-hetero) is 1. The van der Waals surface area contributed by atoms with Gasteiger partial charge in [-0.05, 0) is 48.5 Å². The minimum absolute atomic E-state index is 0.0606. The average molecular weight is 318 g/mol. The first-order valence-electron chi connectivity index (χ1n) is 8.93. The van der Waals surface area contributed by atoms with Gasteiger partial charge >= 0.3 is 0 Å². The molecule has 2 fully saturated rings. The highest BCUT2D eigenvalue weighted by Gasteiger charge is 2.55. The first-order valence-corrected chi connectivity index (χ1v) is 8.93. The summed E-state index contributed by atoms with van der Waals surface area (Å²) < 4.78 is 0. The van der Waals surface area contributed by atoms with E-state index >= 15 is 0 Å². The Morgan fingerprint density at radius 2 is 1.96 bits per heavy atom. The summed E-state index contributed by atoms with van der Waals surface area (Å²) in [7, 11) is 0. The van der Waals surface area contributed by atoms with E-state index in [9.17, 15) is 14.4 Å². The monoisotopic (exact) mass is 318 g/mol. The van der Waals surface area contributed by atoms with Gasteiger partial charge in [-0.25, -0.2) is 0 Å². The quantitative estimate of drug-likeness (QED) is 0.565. The Bertz CT molecular complexity index is 519. The van der Waals surface area contributed by atoms with Crippen LogP contribution in [0.15, 0.2) is 11.6 Å². The van der Waals surface area contributed by atoms with E-state index in [-0.39, 0.29) is 28.6 Å². The van der Waals surface area contributed by atoms with Gasteiger partial charge in [0, 0.05) is 17.8 Å². The van der Waals surface area contributed by atoms with Gasteiger partial charge in [-0.1, -0.05) is 40.2 Å². The van der Waals surface area contributed by atoms with Crippen LogP contribution in [0.25, 0.3) is 0 Å². The van der Waals surface area contributed by atoms with Crippen LogP contribution in [0.3, 0.4) is 0 Å². The summed E-state index contributed by atoms with van der Waals surface area (Å²) in [5.74, 6) is 0.705.